The Morgan fingerprint density at radius 3 is 2.59 bits per heavy atom. The first-order chi connectivity index (χ1) is 15.3. The Hall–Kier alpha value is -3.36. The van der Waals surface area contributed by atoms with Crippen LogP contribution >= 0.6 is 0 Å². The van der Waals surface area contributed by atoms with Crippen molar-refractivity contribution in [1.29, 1.82) is 0 Å². The van der Waals surface area contributed by atoms with E-state index < -0.39 is 23.7 Å². The molecule has 1 N–H and O–H groups in total. The maximum atomic E-state index is 13.4. The highest BCUT2D eigenvalue weighted by Crippen LogP contribution is 2.26. The van der Waals surface area contributed by atoms with E-state index in [4.69, 9.17) is 4.42 Å². The van der Waals surface area contributed by atoms with Crippen LogP contribution < -0.4 is 16.6 Å². The molecule has 3 aromatic rings. The second-order valence-corrected chi connectivity index (χ2v) is 8.69. The van der Waals surface area contributed by atoms with Crippen molar-refractivity contribution in [3.8, 4) is 0 Å². The van der Waals surface area contributed by atoms with E-state index in [-0.39, 0.29) is 35.6 Å². The summed E-state index contributed by atoms with van der Waals surface area (Å²) in [5, 5.41) is 3.26. The van der Waals surface area contributed by atoms with E-state index >= 15 is 0 Å². The number of furan rings is 1. The quantitative estimate of drug-likeness (QED) is 0.652. The van der Waals surface area contributed by atoms with Crippen LogP contribution in [0.25, 0.3) is 22.1 Å². The number of benzene rings is 1. The van der Waals surface area contributed by atoms with Gasteiger partial charge in [-0.25, -0.2) is 9.36 Å². The van der Waals surface area contributed by atoms with Gasteiger partial charge in [-0.3, -0.25) is 19.0 Å². The summed E-state index contributed by atoms with van der Waals surface area (Å²) in [6.07, 6.45) is 2.90. The van der Waals surface area contributed by atoms with E-state index in [1.165, 1.54) is 4.57 Å². The van der Waals surface area contributed by atoms with Gasteiger partial charge in [-0.15, -0.1) is 0 Å². The second kappa shape index (κ2) is 8.64. The third-order valence-electron chi connectivity index (χ3n) is 5.91. The van der Waals surface area contributed by atoms with Crippen molar-refractivity contribution < 1.29 is 14.0 Å². The van der Waals surface area contributed by atoms with Crippen LogP contribution in [0.3, 0.4) is 0 Å². The zero-order valence-electron chi connectivity index (χ0n) is 18.6. The van der Waals surface area contributed by atoms with E-state index in [9.17, 15) is 19.2 Å². The van der Waals surface area contributed by atoms with Gasteiger partial charge in [-0.1, -0.05) is 12.1 Å². The maximum absolute atomic E-state index is 13.4. The molecule has 9 nitrogen and oxygen atoms in total. The van der Waals surface area contributed by atoms with E-state index in [0.29, 0.717) is 17.5 Å². The van der Waals surface area contributed by atoms with Crippen molar-refractivity contribution in [2.75, 3.05) is 6.54 Å². The summed E-state index contributed by atoms with van der Waals surface area (Å²) < 4.78 is 7.90. The minimum absolute atomic E-state index is 0.0392. The highest BCUT2D eigenvalue weighted by Gasteiger charge is 2.27. The van der Waals surface area contributed by atoms with E-state index in [1.807, 2.05) is 6.92 Å². The summed E-state index contributed by atoms with van der Waals surface area (Å²) >= 11 is 0. The van der Waals surface area contributed by atoms with Gasteiger partial charge in [0.2, 0.25) is 17.4 Å². The van der Waals surface area contributed by atoms with Crippen molar-refractivity contribution in [2.24, 2.45) is 0 Å². The van der Waals surface area contributed by atoms with Crippen LogP contribution in [0.4, 0.5) is 0 Å². The van der Waals surface area contributed by atoms with Gasteiger partial charge in [0.05, 0.1) is 0 Å². The van der Waals surface area contributed by atoms with E-state index in [0.717, 1.165) is 23.8 Å². The normalized spacial score (nSPS) is 16.8. The highest BCUT2D eigenvalue weighted by molar-refractivity contribution is 6.02. The first-order valence-electron chi connectivity index (χ1n) is 11.0. The smallest absolute Gasteiger partial charge is 0.332 e. The fourth-order valence-corrected chi connectivity index (χ4v) is 4.39. The second-order valence-electron chi connectivity index (χ2n) is 8.69. The number of carbonyl (C=O) groups is 2. The summed E-state index contributed by atoms with van der Waals surface area (Å²) in [5.74, 6) is -0.653. The number of carbonyl (C=O) groups excluding carboxylic acids is 2. The Morgan fingerprint density at radius 1 is 1.12 bits per heavy atom. The van der Waals surface area contributed by atoms with Crippen LogP contribution in [-0.4, -0.2) is 44.5 Å². The van der Waals surface area contributed by atoms with Gasteiger partial charge in [0, 0.05) is 24.0 Å². The molecule has 4 rings (SSSR count). The van der Waals surface area contributed by atoms with Gasteiger partial charge in [-0.05, 0) is 52.2 Å². The van der Waals surface area contributed by atoms with Crippen molar-refractivity contribution >= 4 is 33.9 Å². The molecule has 170 valence electrons. The number of aromatic nitrogens is 2. The first-order valence-corrected chi connectivity index (χ1v) is 11.0. The third-order valence-corrected chi connectivity index (χ3v) is 5.91. The summed E-state index contributed by atoms with van der Waals surface area (Å²) in [4.78, 5) is 53.8. The molecule has 1 atom stereocenters. The van der Waals surface area contributed by atoms with Crippen LogP contribution in [0.1, 0.15) is 40.0 Å². The Bertz CT molecular complexity index is 1300. The Labute approximate surface area is 184 Å². The number of hydrogen-bond acceptors (Lipinski definition) is 5. The Kier molecular flexibility index (Phi) is 5.90. The molecule has 1 aliphatic rings. The molecule has 1 aromatic carbocycles. The lowest BCUT2D eigenvalue weighted by atomic mass is 10.0. The molecule has 0 bridgehead atoms. The number of likely N-dealkylation sites (tertiary alicyclic amines) is 1. The fraction of sp³-hybridized carbons (Fsp3) is 0.478. The van der Waals surface area contributed by atoms with E-state index in [2.05, 4.69) is 5.32 Å². The van der Waals surface area contributed by atoms with Crippen molar-refractivity contribution in [1.82, 2.24) is 19.4 Å². The molecule has 9 heteroatoms. The van der Waals surface area contributed by atoms with Gasteiger partial charge in [0.1, 0.15) is 24.2 Å². The first kappa shape index (κ1) is 21.9. The summed E-state index contributed by atoms with van der Waals surface area (Å²) in [6, 6.07) is 6.95. The number of fused-ring (bicyclic) bond motifs is 3. The van der Waals surface area contributed by atoms with Gasteiger partial charge in [0.15, 0.2) is 0 Å². The number of nitrogens with zero attached hydrogens (tertiary/aromatic N) is 3. The molecule has 0 unspecified atom stereocenters. The van der Waals surface area contributed by atoms with Gasteiger partial charge >= 0.3 is 5.69 Å². The number of hydrogen-bond donors (Lipinski definition) is 1. The number of para-hydroxylation sites is 1. The van der Waals surface area contributed by atoms with E-state index in [1.54, 1.807) is 43.0 Å². The Morgan fingerprint density at radius 2 is 1.88 bits per heavy atom. The molecule has 32 heavy (non-hydrogen) atoms. The van der Waals surface area contributed by atoms with Crippen molar-refractivity contribution in [2.45, 2.75) is 65.2 Å². The molecular formula is C23H28N4O5. The zero-order chi connectivity index (χ0) is 23.0. The summed E-state index contributed by atoms with van der Waals surface area (Å²) in [5.41, 5.74) is -0.700. The molecule has 0 aliphatic carbocycles. The number of piperidine rings is 1. The van der Waals surface area contributed by atoms with Crippen molar-refractivity contribution in [3.63, 3.8) is 0 Å². The van der Waals surface area contributed by atoms with Crippen LogP contribution in [-0.2, 0) is 22.7 Å². The number of amides is 2. The SMILES string of the molecule is CC(C)NC(=O)Cn1c(=O)c2oc3ccccc3c2n(CC(=O)N2CCCC[C@H]2C)c1=O. The van der Waals surface area contributed by atoms with Crippen molar-refractivity contribution in [3.05, 3.63) is 45.1 Å². The molecule has 2 amide bonds. The molecular weight excluding hydrogens is 412 g/mol. The lowest BCUT2D eigenvalue weighted by molar-refractivity contribution is -0.135. The number of rotatable bonds is 5. The molecule has 1 fully saturated rings. The van der Waals surface area contributed by atoms with Gasteiger partial charge in [0.25, 0.3) is 5.56 Å². The largest absolute Gasteiger partial charge is 0.449 e. The number of nitrogens with one attached hydrogen (secondary N) is 1. The monoisotopic (exact) mass is 440 g/mol. The summed E-state index contributed by atoms with van der Waals surface area (Å²) in [7, 11) is 0. The average Bonchev–Trinajstić information content (AvgIpc) is 3.13. The predicted octanol–water partition coefficient (Wildman–Crippen LogP) is 1.83. The lowest BCUT2D eigenvalue weighted by Crippen LogP contribution is -2.48. The lowest BCUT2D eigenvalue weighted by Gasteiger charge is -2.33. The standard InChI is InChI=1S/C23H28N4O5/c1-14(2)24-18(28)12-27-22(30)21-20(16-9-4-5-10-17(16)32-21)26(23(27)31)13-19(29)25-11-7-6-8-15(25)3/h4-5,9-10,14-15H,6-8,11-13H2,1-3H3,(H,24,28)/t15-/m1/s1. The molecule has 0 spiro atoms. The zero-order valence-corrected chi connectivity index (χ0v) is 18.6. The molecule has 2 aromatic heterocycles. The fourth-order valence-electron chi connectivity index (χ4n) is 4.39. The maximum Gasteiger partial charge on any atom is 0.332 e. The molecule has 1 saturated heterocycles. The van der Waals surface area contributed by atoms with Gasteiger partial charge < -0.3 is 14.6 Å². The predicted molar refractivity (Wildman–Crippen MR) is 121 cm³/mol. The van der Waals surface area contributed by atoms with Crippen LogP contribution in [0.15, 0.2) is 38.3 Å². The molecule has 0 saturated carbocycles. The Balaban J connectivity index is 1.87. The molecule has 1 aliphatic heterocycles. The van der Waals surface area contributed by atoms with Crippen LogP contribution in [0, 0.1) is 0 Å². The summed E-state index contributed by atoms with van der Waals surface area (Å²) in [6.45, 7) is 5.55. The highest BCUT2D eigenvalue weighted by atomic mass is 16.3. The minimum Gasteiger partial charge on any atom is -0.449 e. The molecule has 0 radical (unpaired) electrons. The van der Waals surface area contributed by atoms with Gasteiger partial charge in [-0.2, -0.15) is 0 Å². The molecule has 3 heterocycles. The minimum atomic E-state index is -0.703. The topological polar surface area (TPSA) is 107 Å². The third kappa shape index (κ3) is 3.94. The van der Waals surface area contributed by atoms with Crippen LogP contribution in [0.5, 0.6) is 0 Å². The van der Waals surface area contributed by atoms with Crippen LogP contribution in [0.2, 0.25) is 0 Å². The average molecular weight is 441 g/mol.